The summed E-state index contributed by atoms with van der Waals surface area (Å²) in [6, 6.07) is 9.73. The minimum absolute atomic E-state index is 0.215. The molecular formula is C13H13NO3. The molecule has 4 nitrogen and oxygen atoms in total. The number of phenols is 1. The number of rotatable bonds is 3. The van der Waals surface area contributed by atoms with Crippen LogP contribution in [0.4, 0.5) is 0 Å². The first-order valence-electron chi connectivity index (χ1n) is 5.26. The zero-order chi connectivity index (χ0) is 12.4. The second kappa shape index (κ2) is 4.43. The summed E-state index contributed by atoms with van der Waals surface area (Å²) in [7, 11) is 0. The van der Waals surface area contributed by atoms with Crippen LogP contribution in [0.5, 0.6) is 5.75 Å². The van der Waals surface area contributed by atoms with E-state index in [1.807, 2.05) is 18.2 Å². The first kappa shape index (κ1) is 11.4. The van der Waals surface area contributed by atoms with E-state index >= 15 is 0 Å². The fraction of sp³-hybridized carbons (Fsp3) is 0.154. The summed E-state index contributed by atoms with van der Waals surface area (Å²) in [5.41, 5.74) is 6.35. The van der Waals surface area contributed by atoms with Gasteiger partial charge in [-0.3, -0.25) is 4.79 Å². The zero-order valence-corrected chi connectivity index (χ0v) is 9.13. The molecule has 4 heteroatoms. The Bertz CT molecular complexity index is 566. The van der Waals surface area contributed by atoms with Crippen LogP contribution in [0.1, 0.15) is 5.56 Å². The second-order valence-corrected chi connectivity index (χ2v) is 4.01. The van der Waals surface area contributed by atoms with Gasteiger partial charge in [0.1, 0.15) is 11.8 Å². The van der Waals surface area contributed by atoms with E-state index in [0.29, 0.717) is 6.42 Å². The fourth-order valence-electron chi connectivity index (χ4n) is 1.75. The Hall–Kier alpha value is -2.07. The molecular weight excluding hydrogens is 218 g/mol. The van der Waals surface area contributed by atoms with Crippen LogP contribution < -0.4 is 5.73 Å². The molecule has 0 bridgehead atoms. The van der Waals surface area contributed by atoms with Crippen LogP contribution in [-0.2, 0) is 11.2 Å². The maximum Gasteiger partial charge on any atom is 0.320 e. The van der Waals surface area contributed by atoms with Gasteiger partial charge in [-0.1, -0.05) is 24.3 Å². The van der Waals surface area contributed by atoms with Crippen molar-refractivity contribution in [2.24, 2.45) is 5.73 Å². The van der Waals surface area contributed by atoms with Crippen molar-refractivity contribution in [3.8, 4) is 5.75 Å². The van der Waals surface area contributed by atoms with Crippen molar-refractivity contribution in [1.29, 1.82) is 0 Å². The summed E-state index contributed by atoms with van der Waals surface area (Å²) < 4.78 is 0. The number of nitrogens with two attached hydrogens (primary N) is 1. The number of carbonyl (C=O) groups is 1. The van der Waals surface area contributed by atoms with Crippen LogP contribution in [-0.4, -0.2) is 22.2 Å². The molecule has 1 atom stereocenters. The third-order valence-electron chi connectivity index (χ3n) is 2.66. The average molecular weight is 231 g/mol. The average Bonchev–Trinajstić information content (AvgIpc) is 2.29. The summed E-state index contributed by atoms with van der Waals surface area (Å²) in [5, 5.41) is 19.9. The van der Waals surface area contributed by atoms with Crippen LogP contribution in [0.25, 0.3) is 10.8 Å². The Morgan fingerprint density at radius 1 is 1.18 bits per heavy atom. The van der Waals surface area contributed by atoms with Gasteiger partial charge in [-0.25, -0.2) is 0 Å². The molecule has 2 aromatic rings. The van der Waals surface area contributed by atoms with Crippen LogP contribution >= 0.6 is 0 Å². The topological polar surface area (TPSA) is 83.5 Å². The molecule has 0 amide bonds. The molecule has 4 N–H and O–H groups in total. The van der Waals surface area contributed by atoms with Gasteiger partial charge < -0.3 is 15.9 Å². The lowest BCUT2D eigenvalue weighted by atomic mass is 10.0. The highest BCUT2D eigenvalue weighted by Crippen LogP contribution is 2.21. The highest BCUT2D eigenvalue weighted by Gasteiger charge is 2.12. The summed E-state index contributed by atoms with van der Waals surface area (Å²) in [5.74, 6) is -0.789. The third-order valence-corrected chi connectivity index (χ3v) is 2.66. The van der Waals surface area contributed by atoms with Crippen molar-refractivity contribution in [2.75, 3.05) is 0 Å². The number of aliphatic carboxylic acids is 1. The fourth-order valence-corrected chi connectivity index (χ4v) is 1.75. The lowest BCUT2D eigenvalue weighted by molar-refractivity contribution is -0.138. The summed E-state index contributed by atoms with van der Waals surface area (Å²) in [4.78, 5) is 10.7. The van der Waals surface area contributed by atoms with E-state index in [2.05, 4.69) is 0 Å². The van der Waals surface area contributed by atoms with E-state index in [1.54, 1.807) is 18.2 Å². The number of hydrogen-bond donors (Lipinski definition) is 3. The van der Waals surface area contributed by atoms with Crippen molar-refractivity contribution in [1.82, 2.24) is 0 Å². The van der Waals surface area contributed by atoms with Crippen LogP contribution in [0.3, 0.4) is 0 Å². The van der Waals surface area contributed by atoms with Gasteiger partial charge in [0, 0.05) is 0 Å². The van der Waals surface area contributed by atoms with E-state index in [-0.39, 0.29) is 5.75 Å². The Labute approximate surface area is 98.3 Å². The molecule has 0 unspecified atom stereocenters. The molecule has 0 aliphatic rings. The molecule has 0 radical (unpaired) electrons. The van der Waals surface area contributed by atoms with Crippen molar-refractivity contribution in [3.63, 3.8) is 0 Å². The zero-order valence-electron chi connectivity index (χ0n) is 9.13. The minimum atomic E-state index is -1.00. The number of hydrogen-bond acceptors (Lipinski definition) is 3. The molecule has 0 aromatic heterocycles. The summed E-state index contributed by atoms with van der Waals surface area (Å²) >= 11 is 0. The molecule has 2 aromatic carbocycles. The van der Waals surface area contributed by atoms with Gasteiger partial charge >= 0.3 is 5.97 Å². The number of carboxylic acids is 1. The van der Waals surface area contributed by atoms with Crippen molar-refractivity contribution in [3.05, 3.63) is 42.0 Å². The van der Waals surface area contributed by atoms with E-state index in [4.69, 9.17) is 10.8 Å². The smallest absolute Gasteiger partial charge is 0.320 e. The number of carboxylic acid groups (broad SMARTS) is 1. The lowest BCUT2D eigenvalue weighted by Crippen LogP contribution is -2.32. The minimum Gasteiger partial charge on any atom is -0.508 e. The maximum absolute atomic E-state index is 10.7. The third kappa shape index (κ3) is 2.54. The van der Waals surface area contributed by atoms with Crippen molar-refractivity contribution < 1.29 is 15.0 Å². The normalized spacial score (nSPS) is 12.5. The second-order valence-electron chi connectivity index (χ2n) is 4.01. The predicted octanol–water partition coefficient (Wildman–Crippen LogP) is 1.50. The van der Waals surface area contributed by atoms with Crippen LogP contribution in [0, 0.1) is 0 Å². The highest BCUT2D eigenvalue weighted by molar-refractivity contribution is 5.84. The van der Waals surface area contributed by atoms with Crippen LogP contribution in [0.2, 0.25) is 0 Å². The molecule has 0 saturated carbocycles. The van der Waals surface area contributed by atoms with E-state index in [1.165, 1.54) is 0 Å². The van der Waals surface area contributed by atoms with Gasteiger partial charge in [0.25, 0.3) is 0 Å². The first-order chi connectivity index (χ1) is 8.06. The van der Waals surface area contributed by atoms with Gasteiger partial charge in [-0.05, 0) is 34.9 Å². The Morgan fingerprint density at radius 3 is 2.53 bits per heavy atom. The maximum atomic E-state index is 10.7. The largest absolute Gasteiger partial charge is 0.508 e. The predicted molar refractivity (Wildman–Crippen MR) is 64.9 cm³/mol. The number of fused-ring (bicyclic) bond motifs is 1. The highest BCUT2D eigenvalue weighted by atomic mass is 16.4. The monoisotopic (exact) mass is 231 g/mol. The van der Waals surface area contributed by atoms with Gasteiger partial charge in [-0.15, -0.1) is 0 Å². The molecule has 0 heterocycles. The summed E-state index contributed by atoms with van der Waals surface area (Å²) in [6.45, 7) is 0. The van der Waals surface area contributed by atoms with Crippen molar-refractivity contribution in [2.45, 2.75) is 12.5 Å². The molecule has 0 aliphatic heterocycles. The first-order valence-corrected chi connectivity index (χ1v) is 5.26. The van der Waals surface area contributed by atoms with Gasteiger partial charge in [0.2, 0.25) is 0 Å². The molecule has 0 spiro atoms. The Balaban J connectivity index is 2.32. The number of benzene rings is 2. The van der Waals surface area contributed by atoms with E-state index < -0.39 is 12.0 Å². The number of aromatic hydroxyl groups is 1. The molecule has 0 fully saturated rings. The SMILES string of the molecule is N[C@@H](Cc1ccc2cc(O)ccc2c1)C(=O)O. The van der Waals surface area contributed by atoms with Crippen molar-refractivity contribution >= 4 is 16.7 Å². The van der Waals surface area contributed by atoms with Crippen LogP contribution in [0.15, 0.2) is 36.4 Å². The van der Waals surface area contributed by atoms with E-state index in [9.17, 15) is 9.90 Å². The van der Waals surface area contributed by atoms with Gasteiger partial charge in [0.15, 0.2) is 0 Å². The Morgan fingerprint density at radius 2 is 1.82 bits per heavy atom. The molecule has 0 saturated heterocycles. The standard InChI is InChI=1S/C13H13NO3/c14-12(13(16)17)6-8-1-2-10-7-11(15)4-3-9(10)5-8/h1-5,7,12,15H,6,14H2,(H,16,17)/t12-/m0/s1. The molecule has 2 rings (SSSR count). The quantitative estimate of drug-likeness (QED) is 0.747. The molecule has 0 aliphatic carbocycles. The Kier molecular flexibility index (Phi) is 2.97. The van der Waals surface area contributed by atoms with E-state index in [0.717, 1.165) is 16.3 Å². The summed E-state index contributed by atoms with van der Waals surface area (Å²) in [6.07, 6.45) is 0.298. The van der Waals surface area contributed by atoms with Gasteiger partial charge in [0.05, 0.1) is 0 Å². The van der Waals surface area contributed by atoms with Gasteiger partial charge in [-0.2, -0.15) is 0 Å². The molecule has 88 valence electrons. The lowest BCUT2D eigenvalue weighted by Gasteiger charge is -2.07. The molecule has 17 heavy (non-hydrogen) atoms. The number of phenolic OH excluding ortho intramolecular Hbond substituents is 1.